The predicted octanol–water partition coefficient (Wildman–Crippen LogP) is 2.30. The standard InChI is InChI=1S/C16H19N3O2/c20-10-4-11-21-12-8-17-16-15-7-3-9-19(15)14-6-2-1-5-13(14)18-16/h1-3,5-7,9,20H,4,8,10-12H2,(H,17,18). The molecule has 0 aliphatic carbocycles. The number of rotatable bonds is 7. The lowest BCUT2D eigenvalue weighted by Gasteiger charge is -2.10. The highest BCUT2D eigenvalue weighted by Gasteiger charge is 2.06. The molecular weight excluding hydrogens is 266 g/mol. The molecule has 2 N–H and O–H groups in total. The molecule has 0 spiro atoms. The fourth-order valence-corrected chi connectivity index (χ4v) is 2.36. The third-order valence-electron chi connectivity index (χ3n) is 3.35. The molecular formula is C16H19N3O2. The first-order valence-corrected chi connectivity index (χ1v) is 7.18. The quantitative estimate of drug-likeness (QED) is 0.654. The zero-order valence-corrected chi connectivity index (χ0v) is 11.8. The number of ether oxygens (including phenoxy) is 1. The number of nitrogens with zero attached hydrogens (tertiary/aromatic N) is 2. The molecule has 0 amide bonds. The number of anilines is 1. The molecule has 0 aliphatic heterocycles. The van der Waals surface area contributed by atoms with E-state index in [-0.39, 0.29) is 6.61 Å². The number of aliphatic hydroxyl groups is 1. The van der Waals surface area contributed by atoms with Gasteiger partial charge in [0.25, 0.3) is 0 Å². The van der Waals surface area contributed by atoms with Crippen molar-refractivity contribution in [2.24, 2.45) is 0 Å². The van der Waals surface area contributed by atoms with Crippen LogP contribution in [0, 0.1) is 0 Å². The number of hydrogen-bond acceptors (Lipinski definition) is 4. The molecule has 110 valence electrons. The number of fused-ring (bicyclic) bond motifs is 3. The van der Waals surface area contributed by atoms with E-state index in [9.17, 15) is 0 Å². The van der Waals surface area contributed by atoms with Gasteiger partial charge in [-0.05, 0) is 30.7 Å². The van der Waals surface area contributed by atoms with Gasteiger partial charge < -0.3 is 19.6 Å². The number of nitrogens with one attached hydrogen (secondary N) is 1. The van der Waals surface area contributed by atoms with Crippen molar-refractivity contribution in [1.82, 2.24) is 9.38 Å². The van der Waals surface area contributed by atoms with Crippen molar-refractivity contribution in [2.45, 2.75) is 6.42 Å². The van der Waals surface area contributed by atoms with Gasteiger partial charge in [0.2, 0.25) is 0 Å². The van der Waals surface area contributed by atoms with Crippen LogP contribution in [0.4, 0.5) is 5.82 Å². The molecule has 0 aliphatic rings. The average Bonchev–Trinajstić information content (AvgIpc) is 3.00. The van der Waals surface area contributed by atoms with Gasteiger partial charge in [0, 0.05) is 26.0 Å². The van der Waals surface area contributed by atoms with E-state index in [0.717, 1.165) is 22.4 Å². The van der Waals surface area contributed by atoms with Crippen LogP contribution in [-0.4, -0.2) is 40.9 Å². The maximum atomic E-state index is 8.69. The van der Waals surface area contributed by atoms with Gasteiger partial charge in [-0.3, -0.25) is 0 Å². The predicted molar refractivity (Wildman–Crippen MR) is 83.7 cm³/mol. The van der Waals surface area contributed by atoms with Crippen molar-refractivity contribution < 1.29 is 9.84 Å². The molecule has 2 aromatic heterocycles. The highest BCUT2D eigenvalue weighted by atomic mass is 16.5. The molecule has 21 heavy (non-hydrogen) atoms. The fraction of sp³-hybridized carbons (Fsp3) is 0.312. The average molecular weight is 285 g/mol. The van der Waals surface area contributed by atoms with Crippen LogP contribution in [-0.2, 0) is 4.74 Å². The first-order valence-electron chi connectivity index (χ1n) is 7.18. The normalized spacial score (nSPS) is 11.3. The van der Waals surface area contributed by atoms with E-state index >= 15 is 0 Å². The monoisotopic (exact) mass is 285 g/mol. The zero-order chi connectivity index (χ0) is 14.5. The highest BCUT2D eigenvalue weighted by Crippen LogP contribution is 2.21. The Morgan fingerprint density at radius 2 is 1.95 bits per heavy atom. The maximum Gasteiger partial charge on any atom is 0.151 e. The third kappa shape index (κ3) is 2.99. The van der Waals surface area contributed by atoms with Crippen molar-refractivity contribution >= 4 is 22.4 Å². The summed E-state index contributed by atoms with van der Waals surface area (Å²) >= 11 is 0. The third-order valence-corrected chi connectivity index (χ3v) is 3.35. The summed E-state index contributed by atoms with van der Waals surface area (Å²) in [5.74, 6) is 0.865. The van der Waals surface area contributed by atoms with Crippen molar-refractivity contribution in [3.8, 4) is 0 Å². The number of hydrogen-bond donors (Lipinski definition) is 2. The molecule has 0 saturated carbocycles. The summed E-state index contributed by atoms with van der Waals surface area (Å²) in [5, 5.41) is 12.0. The fourth-order valence-electron chi connectivity index (χ4n) is 2.36. The van der Waals surface area contributed by atoms with Crippen molar-refractivity contribution in [3.63, 3.8) is 0 Å². The van der Waals surface area contributed by atoms with Crippen LogP contribution in [0.3, 0.4) is 0 Å². The second-order valence-corrected chi connectivity index (χ2v) is 4.83. The van der Waals surface area contributed by atoms with E-state index in [1.54, 1.807) is 0 Å². The molecule has 0 fully saturated rings. The van der Waals surface area contributed by atoms with E-state index in [0.29, 0.717) is 26.2 Å². The lowest BCUT2D eigenvalue weighted by molar-refractivity contribution is 0.124. The second kappa shape index (κ2) is 6.56. The Balaban J connectivity index is 1.76. The van der Waals surface area contributed by atoms with Crippen LogP contribution < -0.4 is 5.32 Å². The summed E-state index contributed by atoms with van der Waals surface area (Å²) in [7, 11) is 0. The van der Waals surface area contributed by atoms with E-state index in [1.165, 1.54) is 0 Å². The van der Waals surface area contributed by atoms with Gasteiger partial charge in [-0.25, -0.2) is 4.98 Å². The lowest BCUT2D eigenvalue weighted by Crippen LogP contribution is -2.12. The van der Waals surface area contributed by atoms with E-state index in [4.69, 9.17) is 9.84 Å². The van der Waals surface area contributed by atoms with Gasteiger partial charge in [0.15, 0.2) is 5.82 Å². The van der Waals surface area contributed by atoms with Gasteiger partial charge >= 0.3 is 0 Å². The number of aromatic nitrogens is 2. The zero-order valence-electron chi connectivity index (χ0n) is 11.8. The van der Waals surface area contributed by atoms with Crippen LogP contribution >= 0.6 is 0 Å². The topological polar surface area (TPSA) is 58.8 Å². The molecule has 0 bridgehead atoms. The number of benzene rings is 1. The van der Waals surface area contributed by atoms with Crippen LogP contribution in [0.15, 0.2) is 42.6 Å². The largest absolute Gasteiger partial charge is 0.396 e. The minimum atomic E-state index is 0.171. The minimum absolute atomic E-state index is 0.171. The van der Waals surface area contributed by atoms with Gasteiger partial charge in [0.1, 0.15) is 0 Å². The van der Waals surface area contributed by atoms with E-state index in [2.05, 4.69) is 20.8 Å². The number of para-hydroxylation sites is 2. The molecule has 0 saturated heterocycles. The van der Waals surface area contributed by atoms with Gasteiger partial charge in [-0.2, -0.15) is 0 Å². The second-order valence-electron chi connectivity index (χ2n) is 4.83. The van der Waals surface area contributed by atoms with Gasteiger partial charge in [-0.15, -0.1) is 0 Å². The molecule has 5 nitrogen and oxygen atoms in total. The van der Waals surface area contributed by atoms with Gasteiger partial charge in [0.05, 0.1) is 23.2 Å². The van der Waals surface area contributed by atoms with Crippen molar-refractivity contribution in [3.05, 3.63) is 42.6 Å². The van der Waals surface area contributed by atoms with Crippen LogP contribution in [0.25, 0.3) is 16.6 Å². The lowest BCUT2D eigenvalue weighted by atomic mass is 10.3. The molecule has 0 radical (unpaired) electrons. The molecule has 5 heteroatoms. The summed E-state index contributed by atoms with van der Waals surface area (Å²) in [6.45, 7) is 2.05. The molecule has 3 rings (SSSR count). The van der Waals surface area contributed by atoms with E-state index < -0.39 is 0 Å². The first kappa shape index (κ1) is 13.9. The summed E-state index contributed by atoms with van der Waals surface area (Å²) in [6, 6.07) is 12.2. The van der Waals surface area contributed by atoms with Crippen LogP contribution in [0.5, 0.6) is 0 Å². The maximum absolute atomic E-state index is 8.69. The summed E-state index contributed by atoms with van der Waals surface area (Å²) < 4.78 is 7.56. The molecule has 2 heterocycles. The van der Waals surface area contributed by atoms with Crippen LogP contribution in [0.1, 0.15) is 6.42 Å². The van der Waals surface area contributed by atoms with Gasteiger partial charge in [-0.1, -0.05) is 12.1 Å². The molecule has 0 unspecified atom stereocenters. The minimum Gasteiger partial charge on any atom is -0.396 e. The highest BCUT2D eigenvalue weighted by molar-refractivity contribution is 5.84. The Labute approximate surface area is 123 Å². The Bertz CT molecular complexity index is 724. The smallest absolute Gasteiger partial charge is 0.151 e. The number of aliphatic hydroxyl groups excluding tert-OH is 1. The van der Waals surface area contributed by atoms with Crippen LogP contribution in [0.2, 0.25) is 0 Å². The molecule has 1 aromatic carbocycles. The summed E-state index contributed by atoms with van der Waals surface area (Å²) in [4.78, 5) is 4.68. The molecule has 3 aromatic rings. The molecule has 0 atom stereocenters. The Kier molecular flexibility index (Phi) is 4.33. The Morgan fingerprint density at radius 3 is 2.86 bits per heavy atom. The van der Waals surface area contributed by atoms with E-state index in [1.807, 2.05) is 36.5 Å². The first-order chi connectivity index (χ1) is 10.4. The Morgan fingerprint density at radius 1 is 1.10 bits per heavy atom. The van der Waals surface area contributed by atoms with Crippen molar-refractivity contribution in [1.29, 1.82) is 0 Å². The summed E-state index contributed by atoms with van der Waals surface area (Å²) in [6.07, 6.45) is 2.72. The summed E-state index contributed by atoms with van der Waals surface area (Å²) in [5.41, 5.74) is 3.12. The van der Waals surface area contributed by atoms with Crippen molar-refractivity contribution in [2.75, 3.05) is 31.7 Å². The Hall–Kier alpha value is -2.11. The SMILES string of the molecule is OCCCOCCNc1nc2ccccc2n2cccc12.